The Morgan fingerprint density at radius 1 is 1.53 bits per heavy atom. The first kappa shape index (κ1) is 10.2. The Kier molecular flexibility index (Phi) is 3.02. The molecule has 2 rings (SSSR count). The fraction of sp³-hybridized carbons (Fsp3) is 0.417. The second-order valence-corrected chi connectivity index (χ2v) is 3.91. The summed E-state index contributed by atoms with van der Waals surface area (Å²) in [6, 6.07) is 7.98. The molecule has 0 unspecified atom stereocenters. The van der Waals surface area contributed by atoms with Crippen LogP contribution in [0.15, 0.2) is 29.3 Å². The lowest BCUT2D eigenvalue weighted by molar-refractivity contribution is 0.185. The highest BCUT2D eigenvalue weighted by molar-refractivity contribution is 5.87. The molecule has 1 saturated carbocycles. The molecule has 0 amide bonds. The number of amidine groups is 1. The Bertz CT molecular complexity index is 370. The van der Waals surface area contributed by atoms with Gasteiger partial charge in [0.2, 0.25) is 0 Å². The van der Waals surface area contributed by atoms with Gasteiger partial charge in [-0.15, -0.1) is 0 Å². The number of hydrogen-bond donors (Lipinski definition) is 1. The Hall–Kier alpha value is -1.35. The summed E-state index contributed by atoms with van der Waals surface area (Å²) < 4.78 is 5.07. The molecule has 1 aromatic rings. The minimum atomic E-state index is 0.524. The molecule has 0 bridgehead atoms. The van der Waals surface area contributed by atoms with Crippen LogP contribution in [-0.2, 0) is 11.3 Å². The van der Waals surface area contributed by atoms with E-state index in [4.69, 9.17) is 10.5 Å². The molecule has 0 radical (unpaired) electrons. The van der Waals surface area contributed by atoms with Gasteiger partial charge in [0.05, 0.1) is 12.3 Å². The molecule has 80 valence electrons. The van der Waals surface area contributed by atoms with Crippen LogP contribution in [0.1, 0.15) is 18.4 Å². The van der Waals surface area contributed by atoms with Crippen LogP contribution in [0.3, 0.4) is 0 Å². The van der Waals surface area contributed by atoms with Crippen molar-refractivity contribution in [2.24, 2.45) is 16.6 Å². The highest BCUT2D eigenvalue weighted by Gasteiger charge is 2.25. The summed E-state index contributed by atoms with van der Waals surface area (Å²) in [4.78, 5) is 4.40. The third-order valence-corrected chi connectivity index (χ3v) is 2.48. The number of aliphatic imine (C=N–C) groups is 1. The highest BCUT2D eigenvalue weighted by Crippen LogP contribution is 2.30. The molecule has 1 aliphatic rings. The van der Waals surface area contributed by atoms with Crippen molar-refractivity contribution in [2.45, 2.75) is 19.4 Å². The molecule has 1 aromatic carbocycles. The first-order valence-corrected chi connectivity index (χ1v) is 5.21. The van der Waals surface area contributed by atoms with Crippen molar-refractivity contribution in [3.05, 3.63) is 29.8 Å². The van der Waals surface area contributed by atoms with Crippen LogP contribution in [0.2, 0.25) is 0 Å². The van der Waals surface area contributed by atoms with E-state index in [-0.39, 0.29) is 0 Å². The molecule has 0 heterocycles. The van der Waals surface area contributed by atoms with Crippen LogP contribution in [0.5, 0.6) is 0 Å². The van der Waals surface area contributed by atoms with Crippen molar-refractivity contribution in [1.82, 2.24) is 0 Å². The minimum Gasteiger partial charge on any atom is -0.387 e. The molecule has 15 heavy (non-hydrogen) atoms. The van der Waals surface area contributed by atoms with Crippen LogP contribution in [0.25, 0.3) is 0 Å². The van der Waals surface area contributed by atoms with Crippen molar-refractivity contribution in [3.8, 4) is 0 Å². The van der Waals surface area contributed by atoms with Gasteiger partial charge in [-0.05, 0) is 30.5 Å². The largest absolute Gasteiger partial charge is 0.387 e. The molecule has 0 atom stereocenters. The molecule has 2 N–H and O–H groups in total. The number of rotatable bonds is 4. The van der Waals surface area contributed by atoms with E-state index in [0.29, 0.717) is 12.5 Å². The summed E-state index contributed by atoms with van der Waals surface area (Å²) >= 11 is 0. The first-order chi connectivity index (χ1) is 7.29. The molecule has 3 heteroatoms. The second-order valence-electron chi connectivity index (χ2n) is 3.91. The molecular formula is C12H16N2O. The van der Waals surface area contributed by atoms with E-state index in [9.17, 15) is 0 Å². The summed E-state index contributed by atoms with van der Waals surface area (Å²) in [5.74, 6) is 1.29. The number of methoxy groups -OCH3 is 1. The lowest BCUT2D eigenvalue weighted by Crippen LogP contribution is -2.12. The molecule has 0 spiro atoms. The zero-order valence-corrected chi connectivity index (χ0v) is 8.94. The van der Waals surface area contributed by atoms with Gasteiger partial charge < -0.3 is 10.5 Å². The monoisotopic (exact) mass is 204 g/mol. The van der Waals surface area contributed by atoms with E-state index >= 15 is 0 Å². The van der Waals surface area contributed by atoms with Crippen LogP contribution in [0, 0.1) is 5.92 Å². The van der Waals surface area contributed by atoms with Gasteiger partial charge in [0.15, 0.2) is 0 Å². The highest BCUT2D eigenvalue weighted by atomic mass is 16.5. The van der Waals surface area contributed by atoms with Crippen LogP contribution < -0.4 is 5.73 Å². The summed E-state index contributed by atoms with van der Waals surface area (Å²) in [6.07, 6.45) is 2.38. The van der Waals surface area contributed by atoms with Crippen molar-refractivity contribution in [2.75, 3.05) is 7.11 Å². The molecule has 1 fully saturated rings. The number of benzene rings is 1. The Morgan fingerprint density at radius 3 is 3.00 bits per heavy atom. The Labute approximate surface area is 90.0 Å². The number of nitrogens with zero attached hydrogens (tertiary/aromatic N) is 1. The molecule has 3 nitrogen and oxygen atoms in total. The van der Waals surface area contributed by atoms with Gasteiger partial charge in [0.1, 0.15) is 5.84 Å². The maximum Gasteiger partial charge on any atom is 0.103 e. The molecule has 0 saturated heterocycles. The van der Waals surface area contributed by atoms with Gasteiger partial charge in [-0.3, -0.25) is 0 Å². The Morgan fingerprint density at radius 2 is 2.33 bits per heavy atom. The maximum absolute atomic E-state index is 5.85. The van der Waals surface area contributed by atoms with Gasteiger partial charge in [-0.2, -0.15) is 0 Å². The zero-order valence-electron chi connectivity index (χ0n) is 8.94. The SMILES string of the molecule is COCc1cccc(N=C(N)C2CC2)c1. The zero-order chi connectivity index (χ0) is 10.7. The average Bonchev–Trinajstić information content (AvgIpc) is 3.01. The predicted octanol–water partition coefficient (Wildman–Crippen LogP) is 2.23. The van der Waals surface area contributed by atoms with Gasteiger partial charge in [0.25, 0.3) is 0 Å². The van der Waals surface area contributed by atoms with Crippen molar-refractivity contribution in [3.63, 3.8) is 0 Å². The lowest BCUT2D eigenvalue weighted by atomic mass is 10.2. The third kappa shape index (κ3) is 2.80. The van der Waals surface area contributed by atoms with Gasteiger partial charge in [-0.1, -0.05) is 12.1 Å². The maximum atomic E-state index is 5.85. The molecule has 0 aromatic heterocycles. The topological polar surface area (TPSA) is 47.6 Å². The lowest BCUT2D eigenvalue weighted by Gasteiger charge is -2.02. The fourth-order valence-electron chi connectivity index (χ4n) is 1.50. The van der Waals surface area contributed by atoms with E-state index in [1.54, 1.807) is 7.11 Å². The summed E-state index contributed by atoms with van der Waals surface area (Å²) in [6.45, 7) is 0.618. The Balaban J connectivity index is 2.13. The van der Waals surface area contributed by atoms with Gasteiger partial charge >= 0.3 is 0 Å². The standard InChI is InChI=1S/C12H16N2O/c1-15-8-9-3-2-4-11(7-9)14-12(13)10-5-6-10/h2-4,7,10H,5-6,8H2,1H3,(H2,13,14). The van der Waals surface area contributed by atoms with E-state index in [1.165, 1.54) is 12.8 Å². The van der Waals surface area contributed by atoms with Gasteiger partial charge in [0, 0.05) is 13.0 Å². The van der Waals surface area contributed by atoms with Crippen LogP contribution >= 0.6 is 0 Å². The second kappa shape index (κ2) is 4.45. The van der Waals surface area contributed by atoms with E-state index < -0.39 is 0 Å². The van der Waals surface area contributed by atoms with E-state index in [1.807, 2.05) is 24.3 Å². The number of nitrogens with two attached hydrogens (primary N) is 1. The molecular weight excluding hydrogens is 188 g/mol. The number of ether oxygens (including phenoxy) is 1. The molecule has 1 aliphatic carbocycles. The summed E-state index contributed by atoms with van der Waals surface area (Å²) in [5, 5.41) is 0. The van der Waals surface area contributed by atoms with Crippen LogP contribution in [0.4, 0.5) is 5.69 Å². The smallest absolute Gasteiger partial charge is 0.103 e. The third-order valence-electron chi connectivity index (χ3n) is 2.48. The fourth-order valence-corrected chi connectivity index (χ4v) is 1.50. The van der Waals surface area contributed by atoms with Crippen molar-refractivity contribution >= 4 is 11.5 Å². The van der Waals surface area contributed by atoms with E-state index in [0.717, 1.165) is 17.1 Å². The van der Waals surface area contributed by atoms with E-state index in [2.05, 4.69) is 4.99 Å². The quantitative estimate of drug-likeness (QED) is 0.604. The minimum absolute atomic E-state index is 0.524. The van der Waals surface area contributed by atoms with Crippen molar-refractivity contribution < 1.29 is 4.74 Å². The first-order valence-electron chi connectivity index (χ1n) is 5.21. The summed E-state index contributed by atoms with van der Waals surface area (Å²) in [5.41, 5.74) is 7.91. The average molecular weight is 204 g/mol. The summed E-state index contributed by atoms with van der Waals surface area (Å²) in [7, 11) is 1.69. The van der Waals surface area contributed by atoms with Crippen LogP contribution in [-0.4, -0.2) is 12.9 Å². The van der Waals surface area contributed by atoms with Gasteiger partial charge in [-0.25, -0.2) is 4.99 Å². The number of hydrogen-bond acceptors (Lipinski definition) is 2. The molecule has 0 aliphatic heterocycles. The van der Waals surface area contributed by atoms with Crippen molar-refractivity contribution in [1.29, 1.82) is 0 Å². The predicted molar refractivity (Wildman–Crippen MR) is 61.2 cm³/mol. The normalized spacial score (nSPS) is 16.7.